The molecule has 0 saturated carbocycles. The maximum atomic E-state index is 12.2. The van der Waals surface area contributed by atoms with E-state index in [0.717, 1.165) is 13.1 Å². The van der Waals surface area contributed by atoms with Gasteiger partial charge in [-0.25, -0.2) is 0 Å². The number of morpholine rings is 1. The van der Waals surface area contributed by atoms with Crippen molar-refractivity contribution >= 4 is 5.96 Å². The van der Waals surface area contributed by atoms with Crippen LogP contribution in [0.5, 0.6) is 0 Å². The van der Waals surface area contributed by atoms with Gasteiger partial charge >= 0.3 is 6.18 Å². The van der Waals surface area contributed by atoms with Crippen LogP contribution in [0.4, 0.5) is 13.2 Å². The van der Waals surface area contributed by atoms with E-state index in [4.69, 9.17) is 4.74 Å². The molecule has 5 nitrogen and oxygen atoms in total. The molecule has 0 radical (unpaired) electrons. The zero-order valence-corrected chi connectivity index (χ0v) is 13.6. The first-order valence-electron chi connectivity index (χ1n) is 7.66. The van der Waals surface area contributed by atoms with E-state index in [1.54, 1.807) is 0 Å². The van der Waals surface area contributed by atoms with Gasteiger partial charge in [-0.05, 0) is 20.8 Å². The number of hydrogen-bond donors (Lipinski definition) is 2. The van der Waals surface area contributed by atoms with Crippen LogP contribution in [0, 0.1) is 0 Å². The van der Waals surface area contributed by atoms with E-state index < -0.39 is 12.6 Å². The van der Waals surface area contributed by atoms with Crippen LogP contribution in [0.2, 0.25) is 0 Å². The summed E-state index contributed by atoms with van der Waals surface area (Å²) in [6.45, 7) is 10.1. The molecule has 1 aliphatic heterocycles. The molecule has 1 rings (SSSR count). The van der Waals surface area contributed by atoms with Gasteiger partial charge in [-0.3, -0.25) is 9.89 Å². The first-order chi connectivity index (χ1) is 10.2. The second-order valence-corrected chi connectivity index (χ2v) is 5.90. The van der Waals surface area contributed by atoms with Crippen LogP contribution in [-0.4, -0.2) is 68.5 Å². The van der Waals surface area contributed by atoms with Crippen molar-refractivity contribution in [2.45, 2.75) is 38.9 Å². The molecule has 0 atom stereocenters. The molecule has 1 aliphatic rings. The number of halogens is 3. The van der Waals surface area contributed by atoms with Crippen LogP contribution in [0.15, 0.2) is 4.99 Å². The summed E-state index contributed by atoms with van der Waals surface area (Å²) in [6.07, 6.45) is -5.03. The van der Waals surface area contributed by atoms with Crippen molar-refractivity contribution in [1.29, 1.82) is 0 Å². The minimum absolute atomic E-state index is 0.157. The Hall–Kier alpha value is -1.02. The predicted molar refractivity (Wildman–Crippen MR) is 81.1 cm³/mol. The van der Waals surface area contributed by atoms with E-state index in [1.165, 1.54) is 0 Å². The number of aliphatic imine (C=N–C) groups is 1. The maximum Gasteiger partial charge on any atom is 0.390 e. The van der Waals surface area contributed by atoms with Crippen molar-refractivity contribution in [2.24, 2.45) is 4.99 Å². The number of hydrogen-bond acceptors (Lipinski definition) is 3. The normalized spacial score (nSPS) is 18.4. The lowest BCUT2D eigenvalue weighted by atomic mass is 10.0. The topological polar surface area (TPSA) is 48.9 Å². The molecule has 130 valence electrons. The number of nitrogens with zero attached hydrogens (tertiary/aromatic N) is 2. The summed E-state index contributed by atoms with van der Waals surface area (Å²) < 4.78 is 41.9. The number of alkyl halides is 3. The Morgan fingerprint density at radius 3 is 2.36 bits per heavy atom. The van der Waals surface area contributed by atoms with Gasteiger partial charge in [-0.1, -0.05) is 0 Å². The first kappa shape index (κ1) is 19.0. The van der Waals surface area contributed by atoms with Crippen molar-refractivity contribution in [3.63, 3.8) is 0 Å². The van der Waals surface area contributed by atoms with E-state index in [2.05, 4.69) is 34.4 Å². The quantitative estimate of drug-likeness (QED) is 0.576. The van der Waals surface area contributed by atoms with Gasteiger partial charge in [0.25, 0.3) is 0 Å². The second kappa shape index (κ2) is 8.57. The largest absolute Gasteiger partial charge is 0.390 e. The van der Waals surface area contributed by atoms with E-state index in [-0.39, 0.29) is 12.1 Å². The van der Waals surface area contributed by atoms with Gasteiger partial charge in [0.2, 0.25) is 0 Å². The molecule has 0 spiro atoms. The Bertz CT molecular complexity index is 352. The third-order valence-electron chi connectivity index (χ3n) is 3.54. The Balaban J connectivity index is 2.52. The molecule has 0 unspecified atom stereocenters. The minimum atomic E-state index is -4.16. The molecule has 1 heterocycles. The summed E-state index contributed by atoms with van der Waals surface area (Å²) in [5.41, 5.74) is -0.157. The van der Waals surface area contributed by atoms with E-state index in [1.807, 2.05) is 6.92 Å². The molecule has 1 saturated heterocycles. The number of guanidine groups is 1. The van der Waals surface area contributed by atoms with Crippen molar-refractivity contribution < 1.29 is 17.9 Å². The number of nitrogens with one attached hydrogen (secondary N) is 2. The molecule has 1 fully saturated rings. The van der Waals surface area contributed by atoms with Gasteiger partial charge < -0.3 is 15.4 Å². The first-order valence-corrected chi connectivity index (χ1v) is 7.66. The standard InChI is InChI=1S/C14H27F3N4O/c1-4-18-12(19-6-5-14(15,16)17)20-11-13(2,3)21-7-9-22-10-8-21/h4-11H2,1-3H3,(H2,18,19,20). The monoisotopic (exact) mass is 324 g/mol. The SMILES string of the molecule is CCNC(=NCC(C)(C)N1CCOCC1)NCCC(F)(F)F. The number of rotatable bonds is 6. The van der Waals surface area contributed by atoms with Gasteiger partial charge in [-0.15, -0.1) is 0 Å². The molecule has 8 heteroatoms. The molecular formula is C14H27F3N4O. The van der Waals surface area contributed by atoms with Crippen molar-refractivity contribution in [2.75, 3.05) is 45.9 Å². The fourth-order valence-electron chi connectivity index (χ4n) is 2.21. The summed E-state index contributed by atoms with van der Waals surface area (Å²) >= 11 is 0. The smallest absolute Gasteiger partial charge is 0.379 e. The highest BCUT2D eigenvalue weighted by atomic mass is 19.4. The summed E-state index contributed by atoms with van der Waals surface area (Å²) in [4.78, 5) is 6.72. The second-order valence-electron chi connectivity index (χ2n) is 5.90. The fraction of sp³-hybridized carbons (Fsp3) is 0.929. The van der Waals surface area contributed by atoms with Crippen LogP contribution in [0.3, 0.4) is 0 Å². The van der Waals surface area contributed by atoms with Crippen LogP contribution < -0.4 is 10.6 Å². The van der Waals surface area contributed by atoms with Gasteiger partial charge in [0, 0.05) is 31.7 Å². The zero-order chi connectivity index (χ0) is 16.6. The fourth-order valence-corrected chi connectivity index (χ4v) is 2.21. The van der Waals surface area contributed by atoms with E-state index in [0.29, 0.717) is 32.3 Å². The third-order valence-corrected chi connectivity index (χ3v) is 3.54. The van der Waals surface area contributed by atoms with Crippen LogP contribution in [0.1, 0.15) is 27.2 Å². The van der Waals surface area contributed by atoms with Gasteiger partial charge in [0.15, 0.2) is 5.96 Å². The van der Waals surface area contributed by atoms with Crippen molar-refractivity contribution in [1.82, 2.24) is 15.5 Å². The van der Waals surface area contributed by atoms with Crippen molar-refractivity contribution in [3.8, 4) is 0 Å². The molecular weight excluding hydrogens is 297 g/mol. The van der Waals surface area contributed by atoms with Gasteiger partial charge in [-0.2, -0.15) is 13.2 Å². The van der Waals surface area contributed by atoms with E-state index >= 15 is 0 Å². The van der Waals surface area contributed by atoms with E-state index in [9.17, 15) is 13.2 Å². The Labute approximate surface area is 130 Å². The van der Waals surface area contributed by atoms with Crippen LogP contribution in [0.25, 0.3) is 0 Å². The highest BCUT2D eigenvalue weighted by Gasteiger charge is 2.28. The van der Waals surface area contributed by atoms with Crippen LogP contribution in [-0.2, 0) is 4.74 Å². The molecule has 0 aliphatic carbocycles. The Kier molecular flexibility index (Phi) is 7.41. The van der Waals surface area contributed by atoms with Gasteiger partial charge in [0.1, 0.15) is 0 Å². The highest BCUT2D eigenvalue weighted by molar-refractivity contribution is 5.79. The molecule has 2 N–H and O–H groups in total. The molecule has 0 aromatic carbocycles. The Morgan fingerprint density at radius 2 is 1.82 bits per heavy atom. The molecule has 0 bridgehead atoms. The molecule has 0 aromatic rings. The summed E-state index contributed by atoms with van der Waals surface area (Å²) in [7, 11) is 0. The average Bonchev–Trinajstić information content (AvgIpc) is 2.44. The zero-order valence-electron chi connectivity index (χ0n) is 13.6. The molecule has 0 amide bonds. The summed E-state index contributed by atoms with van der Waals surface area (Å²) in [5, 5.41) is 5.70. The third kappa shape index (κ3) is 7.31. The minimum Gasteiger partial charge on any atom is -0.379 e. The van der Waals surface area contributed by atoms with Crippen LogP contribution >= 0.6 is 0 Å². The number of ether oxygens (including phenoxy) is 1. The Morgan fingerprint density at radius 1 is 1.18 bits per heavy atom. The van der Waals surface area contributed by atoms with Gasteiger partial charge in [0.05, 0.1) is 26.2 Å². The lowest BCUT2D eigenvalue weighted by Crippen LogP contribution is -2.52. The average molecular weight is 324 g/mol. The molecule has 0 aromatic heterocycles. The van der Waals surface area contributed by atoms with Crippen molar-refractivity contribution in [3.05, 3.63) is 0 Å². The predicted octanol–water partition coefficient (Wildman–Crippen LogP) is 1.60. The molecule has 22 heavy (non-hydrogen) atoms. The lowest BCUT2D eigenvalue weighted by molar-refractivity contribution is -0.132. The summed E-state index contributed by atoms with van der Waals surface area (Å²) in [5.74, 6) is 0.424. The lowest BCUT2D eigenvalue weighted by Gasteiger charge is -2.39. The maximum absolute atomic E-state index is 12.2. The highest BCUT2D eigenvalue weighted by Crippen LogP contribution is 2.18. The summed E-state index contributed by atoms with van der Waals surface area (Å²) in [6, 6.07) is 0.